The predicted octanol–water partition coefficient (Wildman–Crippen LogP) is 11.3. The maximum absolute atomic E-state index is 12.6. The molecule has 1 amide bonds. The van der Waals surface area contributed by atoms with E-state index in [-0.39, 0.29) is 80.3 Å². The van der Waals surface area contributed by atoms with Crippen molar-refractivity contribution in [3.05, 3.63) is 196 Å². The highest BCUT2D eigenvalue weighted by atomic mass is 79.9. The van der Waals surface area contributed by atoms with Crippen LogP contribution >= 0.6 is 90.7 Å². The first-order valence-electron chi connectivity index (χ1n) is 30.4. The number of rotatable bonds is 27. The Morgan fingerprint density at radius 1 is 0.570 bits per heavy atom. The minimum atomic E-state index is -0.524. The number of quaternary nitrogens is 1. The minimum Gasteiger partial charge on any atom is -0.512 e. The van der Waals surface area contributed by atoms with Crippen LogP contribution in [0.15, 0.2) is 180 Å². The number of ether oxygens (including phenoxy) is 1. The standard InChI is InChI=1S/C20H20N4O3S.C12H12N4O4S.C11H9BrN4O3S.C11H10BrN3O2S.C11H10N4O3S.H2O/c1-13(25)12-28-19-10-18(22-23-19)15-7-16(9-17(8-15)24-27)20(26)21-11-14-5-3-2-4-6-14;1-7(17)6-21-12-13-11(14-15-12)8-3-4-10(20-2)9(5-8)16(18)19;1-6(17)5-20-11-13-10(14-15-11)7-2-8(12)4-9(3-7)16(18)19;1-6(16)5-18-11-13-10(14-15-11)8-4-7(12)2-3-9(8)17;1-7(16)6-19-11-12-10(13-14-11)8-3-2-4-9(5-8)15(17)18;/h2-9,24-25,27H,1,10-12H2,(H,21,26);3-5H,6H2,1-2H3,(H,13,14,15);2-4H,5H2,1H3,(H,13,14,15);2-4,17H,5H2,1H3,(H,13,14,15);2-5H,6H2,1H3,(H,12,13,14);1H2/p+1. The van der Waals surface area contributed by atoms with E-state index in [2.05, 4.69) is 115 Å². The van der Waals surface area contributed by atoms with Gasteiger partial charge in [-0.2, -0.15) is 10.6 Å². The fourth-order valence-electron chi connectivity index (χ4n) is 8.32. The molecule has 558 valence electrons. The Kier molecular flexibility index (Phi) is 33.8. The summed E-state index contributed by atoms with van der Waals surface area (Å²) in [6, 6.07) is 34.9. The lowest BCUT2D eigenvalue weighted by molar-refractivity contribution is -0.825. The van der Waals surface area contributed by atoms with Crippen LogP contribution in [0.1, 0.15) is 55.6 Å². The van der Waals surface area contributed by atoms with Crippen LogP contribution in [0.5, 0.6) is 11.5 Å². The Labute approximate surface area is 644 Å². The number of non-ortho nitro benzene ring substituents is 2. The summed E-state index contributed by atoms with van der Waals surface area (Å²) in [6.45, 7) is 9.83. The smallest absolute Gasteiger partial charge is 0.311 e. The third-order valence-corrected chi connectivity index (χ3v) is 19.0. The molecule has 0 bridgehead atoms. The fourth-order valence-corrected chi connectivity index (χ4v) is 12.2. The van der Waals surface area contributed by atoms with Crippen molar-refractivity contribution in [3.8, 4) is 57.1 Å². The van der Waals surface area contributed by atoms with Gasteiger partial charge in [-0.05, 0) is 75.7 Å². The summed E-state index contributed by atoms with van der Waals surface area (Å²) in [4.78, 5) is 104. The van der Waals surface area contributed by atoms with Gasteiger partial charge in [0.2, 0.25) is 20.6 Å². The monoisotopic (exact) mass is 1680 g/mol. The number of carbonyl (C=O) groups is 5. The first-order chi connectivity index (χ1) is 50.6. The number of nitrogens with zero attached hydrogens (tertiary/aromatic N) is 13. The van der Waals surface area contributed by atoms with E-state index in [9.17, 15) is 69.7 Å². The number of nitrogens with two attached hydrogens (primary N) is 1. The summed E-state index contributed by atoms with van der Waals surface area (Å²) >= 11 is 12.8. The molecular formula is C65H64Br2N19O16S5+. The number of H-pyrrole nitrogens is 4. The van der Waals surface area contributed by atoms with Crippen LogP contribution in [-0.2, 0) is 25.7 Å². The summed E-state index contributed by atoms with van der Waals surface area (Å²) in [5, 5.41) is 101. The van der Waals surface area contributed by atoms with Crippen LogP contribution in [0.3, 0.4) is 0 Å². The topological polar surface area (TPSA) is 536 Å². The van der Waals surface area contributed by atoms with Gasteiger partial charge in [-0.15, -0.1) is 37.3 Å². The molecule has 107 heavy (non-hydrogen) atoms. The highest BCUT2D eigenvalue weighted by Crippen LogP contribution is 2.34. The summed E-state index contributed by atoms with van der Waals surface area (Å²) in [5.74, 6) is 3.57. The third-order valence-electron chi connectivity index (χ3n) is 13.0. The molecule has 0 aliphatic carbocycles. The van der Waals surface area contributed by atoms with Crippen LogP contribution in [-0.4, -0.2) is 172 Å². The number of benzene rings is 6. The number of phenolic OH excluding ortho intramolecular Hbond substituents is 1. The molecule has 0 saturated carbocycles. The Morgan fingerprint density at radius 3 is 1.61 bits per heavy atom. The van der Waals surface area contributed by atoms with Crippen LogP contribution in [0, 0.1) is 30.3 Å². The fraction of sp³-hybridized carbons (Fsp3) is 0.185. The summed E-state index contributed by atoms with van der Waals surface area (Å²) in [6.07, 6.45) is 0.498. The minimum absolute atomic E-state index is 0. The molecule has 0 fully saturated rings. The number of methoxy groups -OCH3 is 1. The number of hydrogen-bond acceptors (Lipinski definition) is 30. The number of aromatic nitrogens is 12. The molecule has 42 heteroatoms. The molecule has 0 saturated heterocycles. The second-order valence-electron chi connectivity index (χ2n) is 21.6. The van der Waals surface area contributed by atoms with Crippen molar-refractivity contribution >= 4 is 153 Å². The molecule has 12 N–H and O–H groups in total. The predicted molar refractivity (Wildman–Crippen MR) is 410 cm³/mol. The van der Waals surface area contributed by atoms with Crippen molar-refractivity contribution in [2.75, 3.05) is 35.9 Å². The lowest BCUT2D eigenvalue weighted by Crippen LogP contribution is -2.73. The van der Waals surface area contributed by atoms with Crippen molar-refractivity contribution in [2.24, 2.45) is 10.2 Å². The average molecular weight is 1690 g/mol. The van der Waals surface area contributed by atoms with E-state index >= 15 is 0 Å². The highest BCUT2D eigenvalue weighted by molar-refractivity contribution is 9.10. The maximum atomic E-state index is 12.6. The van der Waals surface area contributed by atoms with Crippen molar-refractivity contribution in [1.82, 2.24) is 66.0 Å². The molecule has 0 atom stereocenters. The number of thioether (sulfide) groups is 5. The van der Waals surface area contributed by atoms with Gasteiger partial charge in [0.1, 0.15) is 33.9 Å². The van der Waals surface area contributed by atoms with E-state index in [0.717, 1.165) is 26.1 Å². The molecule has 5 heterocycles. The quantitative estimate of drug-likeness (QED) is 0.00759. The van der Waals surface area contributed by atoms with E-state index < -0.39 is 14.8 Å². The molecule has 4 aromatic heterocycles. The Balaban J connectivity index is 0.000000211. The molecule has 0 spiro atoms. The molecule has 11 rings (SSSR count). The molecule has 0 radical (unpaired) electrons. The van der Waals surface area contributed by atoms with E-state index in [1.165, 1.54) is 130 Å². The number of ketones is 4. The van der Waals surface area contributed by atoms with E-state index in [4.69, 9.17) is 4.74 Å². The summed E-state index contributed by atoms with van der Waals surface area (Å²) in [7, 11) is 1.37. The van der Waals surface area contributed by atoms with E-state index in [0.29, 0.717) is 118 Å². The summed E-state index contributed by atoms with van der Waals surface area (Å²) in [5.41, 5.74) is 6.33. The van der Waals surface area contributed by atoms with Gasteiger partial charge in [-0.1, -0.05) is 128 Å². The van der Waals surface area contributed by atoms with Crippen LogP contribution in [0.2, 0.25) is 0 Å². The number of nitro benzene ring substituents is 3. The van der Waals surface area contributed by atoms with E-state index in [1.54, 1.807) is 60.7 Å². The number of Topliss-reactive ketones (excluding diaryl/α,β-unsaturated/α-hetero) is 4. The SMILES string of the molecule is C=C(O)CSC1=NN=C(c2cc([NH2+]O)cc(C(=O)NCc3ccccc3)c2)C1.CC(=O)CSc1n[nH]c(-c2cc(Br)cc([N+](=O)[O-])c2)n1.CC(=O)CSc1n[nH]c(-c2cc(Br)ccc2O)n1.CC(=O)CSc1n[nH]c(-c2cccc([N+](=O)[O-])c2)n1.COc1ccc(-c2nc(SCC(C)=O)n[nH]2)cc1[N+](=O)[O-].O. The van der Waals surface area contributed by atoms with Gasteiger partial charge in [-0.25, -0.2) is 25.1 Å². The van der Waals surface area contributed by atoms with Gasteiger partial charge in [0.15, 0.2) is 34.7 Å². The maximum Gasteiger partial charge on any atom is 0.311 e. The largest absolute Gasteiger partial charge is 0.512 e. The first-order valence-corrected chi connectivity index (χ1v) is 36.9. The van der Waals surface area contributed by atoms with Crippen LogP contribution in [0.4, 0.5) is 22.7 Å². The van der Waals surface area contributed by atoms with Gasteiger partial charge >= 0.3 is 5.69 Å². The third kappa shape index (κ3) is 27.9. The summed E-state index contributed by atoms with van der Waals surface area (Å²) < 4.78 is 6.36. The van der Waals surface area contributed by atoms with Crippen LogP contribution in [0.25, 0.3) is 45.6 Å². The number of carbonyl (C=O) groups excluding carboxylic acids is 5. The second-order valence-corrected chi connectivity index (χ2v) is 28.3. The number of aliphatic hydroxyl groups excluding tert-OH is 1. The van der Waals surface area contributed by atoms with Crippen molar-refractivity contribution in [2.45, 2.75) is 61.3 Å². The molecule has 35 nitrogen and oxygen atoms in total. The molecule has 1 aliphatic heterocycles. The van der Waals surface area contributed by atoms with Gasteiger partial charge in [0.05, 0.1) is 67.7 Å². The molecule has 10 aromatic rings. The highest BCUT2D eigenvalue weighted by Gasteiger charge is 2.22. The molecule has 6 aromatic carbocycles. The number of amides is 1. The van der Waals surface area contributed by atoms with Gasteiger partial charge in [0.25, 0.3) is 17.3 Å². The Morgan fingerprint density at radius 2 is 1.09 bits per heavy atom. The zero-order valence-corrected chi connectivity index (χ0v) is 64.0. The number of nitro groups is 3. The molecular weight excluding hydrogens is 1620 g/mol. The zero-order chi connectivity index (χ0) is 77.0. The van der Waals surface area contributed by atoms with Gasteiger partial charge < -0.3 is 25.7 Å². The number of aromatic amines is 4. The normalized spacial score (nSPS) is 11.0. The van der Waals surface area contributed by atoms with E-state index in [1.807, 2.05) is 30.3 Å². The number of hydrogen-bond donors (Lipinski definition) is 9. The first kappa shape index (κ1) is 85.2. The Bertz CT molecular complexity index is 4910. The number of phenols is 1. The molecule has 0 unspecified atom stereocenters. The van der Waals surface area contributed by atoms with Crippen molar-refractivity contribution in [3.63, 3.8) is 0 Å². The van der Waals surface area contributed by atoms with Gasteiger partial charge in [0, 0.05) is 92.2 Å². The Hall–Kier alpha value is -10.7. The van der Waals surface area contributed by atoms with Gasteiger partial charge in [-0.3, -0.25) is 74.7 Å². The number of nitrogens with one attached hydrogen (secondary N) is 5. The lowest BCUT2D eigenvalue weighted by Gasteiger charge is -2.08. The average Bonchev–Trinajstić information content (AvgIpc) is 1.81. The molecule has 1 aliphatic rings. The van der Waals surface area contributed by atoms with Crippen molar-refractivity contribution < 1.29 is 69.9 Å². The lowest BCUT2D eigenvalue weighted by atomic mass is 10.0. The number of aliphatic hydroxyl groups is 1. The number of aromatic hydroxyl groups is 1. The van der Waals surface area contributed by atoms with Crippen LogP contribution < -0.4 is 15.5 Å². The second kappa shape index (κ2) is 42.4. The number of halogens is 2. The van der Waals surface area contributed by atoms with Crippen molar-refractivity contribution in [1.29, 1.82) is 0 Å². The zero-order valence-electron chi connectivity index (χ0n) is 56.7.